The van der Waals surface area contributed by atoms with Crippen LogP contribution in [0.1, 0.15) is 13.3 Å². The number of carboxylic acids is 3. The molecule has 0 saturated carbocycles. The smallest absolute Gasteiger partial charge is 0.321 e. The van der Waals surface area contributed by atoms with Crippen molar-refractivity contribution in [1.29, 1.82) is 0 Å². The van der Waals surface area contributed by atoms with Gasteiger partial charge in [-0.15, -0.1) is 0 Å². The first kappa shape index (κ1) is 14.9. The minimum absolute atomic E-state index is 0.123. The average molecular weight is 248 g/mol. The molecule has 0 saturated heterocycles. The highest BCUT2D eigenvalue weighted by atomic mass is 16.5. The van der Waals surface area contributed by atoms with E-state index in [0.717, 1.165) is 0 Å². The number of rotatable bonds is 7. The fraction of sp³-hybridized carbons (Fsp3) is 0.556. The molecule has 0 fully saturated rings. The molecule has 17 heavy (non-hydrogen) atoms. The number of carboxylic acid groups (broad SMARTS) is 3. The van der Waals surface area contributed by atoms with E-state index in [-0.39, 0.29) is 6.61 Å². The van der Waals surface area contributed by atoms with E-state index in [1.165, 1.54) is 6.92 Å². The van der Waals surface area contributed by atoms with Gasteiger partial charge in [0.15, 0.2) is 5.92 Å². The number of aliphatic carboxylic acids is 3. The SMILES string of the molecule is CCOC(=O)C(C(=O)O)C(CC(=O)O)C(=O)O. The van der Waals surface area contributed by atoms with Crippen molar-refractivity contribution in [2.75, 3.05) is 6.61 Å². The Labute approximate surface area is 95.8 Å². The van der Waals surface area contributed by atoms with E-state index in [9.17, 15) is 19.2 Å². The molecule has 3 N–H and O–H groups in total. The highest BCUT2D eigenvalue weighted by Gasteiger charge is 2.41. The summed E-state index contributed by atoms with van der Waals surface area (Å²) in [7, 11) is 0. The molecule has 0 spiro atoms. The largest absolute Gasteiger partial charge is 0.481 e. The van der Waals surface area contributed by atoms with Crippen LogP contribution < -0.4 is 0 Å². The fourth-order valence-electron chi connectivity index (χ4n) is 1.21. The van der Waals surface area contributed by atoms with Gasteiger partial charge in [0.1, 0.15) is 0 Å². The molecule has 0 aliphatic rings. The van der Waals surface area contributed by atoms with Crippen molar-refractivity contribution in [2.24, 2.45) is 11.8 Å². The van der Waals surface area contributed by atoms with Gasteiger partial charge < -0.3 is 20.1 Å². The predicted molar refractivity (Wildman–Crippen MR) is 51.1 cm³/mol. The zero-order valence-corrected chi connectivity index (χ0v) is 8.95. The van der Waals surface area contributed by atoms with Crippen molar-refractivity contribution in [3.63, 3.8) is 0 Å². The van der Waals surface area contributed by atoms with Crippen molar-refractivity contribution in [3.8, 4) is 0 Å². The van der Waals surface area contributed by atoms with Crippen LogP contribution in [0, 0.1) is 11.8 Å². The van der Waals surface area contributed by atoms with Crippen LogP contribution in [0.15, 0.2) is 0 Å². The molecule has 0 aromatic heterocycles. The zero-order chi connectivity index (χ0) is 13.6. The van der Waals surface area contributed by atoms with Crippen molar-refractivity contribution in [3.05, 3.63) is 0 Å². The zero-order valence-electron chi connectivity index (χ0n) is 8.95. The minimum atomic E-state index is -2.02. The third-order valence-electron chi connectivity index (χ3n) is 1.92. The summed E-state index contributed by atoms with van der Waals surface area (Å²) >= 11 is 0. The van der Waals surface area contributed by atoms with Gasteiger partial charge in [0, 0.05) is 0 Å². The molecule has 0 heterocycles. The van der Waals surface area contributed by atoms with Gasteiger partial charge in [0.25, 0.3) is 0 Å². The first-order chi connectivity index (χ1) is 7.81. The third kappa shape index (κ3) is 4.49. The van der Waals surface area contributed by atoms with E-state index in [1.807, 2.05) is 0 Å². The lowest BCUT2D eigenvalue weighted by molar-refractivity contribution is -0.168. The lowest BCUT2D eigenvalue weighted by atomic mass is 9.89. The molecular weight excluding hydrogens is 236 g/mol. The Balaban J connectivity index is 5.09. The van der Waals surface area contributed by atoms with Gasteiger partial charge in [-0.05, 0) is 6.92 Å². The Morgan fingerprint density at radius 3 is 1.88 bits per heavy atom. The fourth-order valence-corrected chi connectivity index (χ4v) is 1.21. The van der Waals surface area contributed by atoms with E-state index >= 15 is 0 Å². The maximum Gasteiger partial charge on any atom is 0.321 e. The van der Waals surface area contributed by atoms with Crippen LogP contribution in [0.25, 0.3) is 0 Å². The summed E-state index contributed by atoms with van der Waals surface area (Å²) < 4.78 is 4.40. The third-order valence-corrected chi connectivity index (χ3v) is 1.92. The highest BCUT2D eigenvalue weighted by molar-refractivity contribution is 5.99. The topological polar surface area (TPSA) is 138 Å². The van der Waals surface area contributed by atoms with Crippen LogP contribution in [-0.2, 0) is 23.9 Å². The second kappa shape index (κ2) is 6.46. The molecule has 0 rings (SSSR count). The molecule has 8 nitrogen and oxygen atoms in total. The maximum absolute atomic E-state index is 11.3. The summed E-state index contributed by atoms with van der Waals surface area (Å²) in [6.45, 7) is 1.30. The number of carbonyl (C=O) groups excluding carboxylic acids is 1. The monoisotopic (exact) mass is 248 g/mol. The standard InChI is InChI=1S/C9H12O8/c1-2-17-9(16)6(8(14)15)4(7(12)13)3-5(10)11/h4,6H,2-3H2,1H3,(H,10,11)(H,12,13)(H,14,15). The first-order valence-electron chi connectivity index (χ1n) is 4.65. The molecule has 96 valence electrons. The summed E-state index contributed by atoms with van der Waals surface area (Å²) in [5, 5.41) is 25.9. The number of ether oxygens (including phenoxy) is 1. The van der Waals surface area contributed by atoms with Crippen LogP contribution in [0.2, 0.25) is 0 Å². The van der Waals surface area contributed by atoms with Crippen LogP contribution in [-0.4, -0.2) is 45.8 Å². The van der Waals surface area contributed by atoms with E-state index in [0.29, 0.717) is 0 Å². The van der Waals surface area contributed by atoms with Crippen molar-refractivity contribution in [2.45, 2.75) is 13.3 Å². The quantitative estimate of drug-likeness (QED) is 0.402. The first-order valence-corrected chi connectivity index (χ1v) is 4.65. The van der Waals surface area contributed by atoms with Gasteiger partial charge >= 0.3 is 23.9 Å². The van der Waals surface area contributed by atoms with E-state index in [1.54, 1.807) is 0 Å². The number of carbonyl (C=O) groups is 4. The lowest BCUT2D eigenvalue weighted by Crippen LogP contribution is -2.38. The van der Waals surface area contributed by atoms with Gasteiger partial charge in [0.05, 0.1) is 18.9 Å². The summed E-state index contributed by atoms with van der Waals surface area (Å²) in [5.74, 6) is -10.0. The Bertz CT molecular complexity index is 334. The molecule has 0 aliphatic heterocycles. The molecule has 0 aromatic carbocycles. The Morgan fingerprint density at radius 1 is 1.06 bits per heavy atom. The number of esters is 1. The average Bonchev–Trinajstić information content (AvgIpc) is 2.15. The van der Waals surface area contributed by atoms with Gasteiger partial charge in [-0.1, -0.05) is 0 Å². The highest BCUT2D eigenvalue weighted by Crippen LogP contribution is 2.19. The van der Waals surface area contributed by atoms with Crippen LogP contribution in [0.5, 0.6) is 0 Å². The van der Waals surface area contributed by atoms with Gasteiger partial charge in [0.2, 0.25) is 0 Å². The molecule has 0 amide bonds. The molecule has 2 unspecified atom stereocenters. The Morgan fingerprint density at radius 2 is 1.59 bits per heavy atom. The number of hydrogen-bond acceptors (Lipinski definition) is 5. The molecule has 2 atom stereocenters. The van der Waals surface area contributed by atoms with E-state index in [2.05, 4.69) is 4.74 Å². The second-order valence-electron chi connectivity index (χ2n) is 3.11. The maximum atomic E-state index is 11.3. The normalized spacial score (nSPS) is 13.5. The van der Waals surface area contributed by atoms with Gasteiger partial charge in [-0.2, -0.15) is 0 Å². The predicted octanol–water partition coefficient (Wildman–Crippen LogP) is -0.574. The minimum Gasteiger partial charge on any atom is -0.481 e. The van der Waals surface area contributed by atoms with Crippen LogP contribution in [0.4, 0.5) is 0 Å². The molecular formula is C9H12O8. The van der Waals surface area contributed by atoms with Crippen LogP contribution in [0.3, 0.4) is 0 Å². The van der Waals surface area contributed by atoms with Gasteiger partial charge in [-0.3, -0.25) is 19.2 Å². The second-order valence-corrected chi connectivity index (χ2v) is 3.11. The molecule has 0 radical (unpaired) electrons. The molecule has 0 aromatic rings. The number of hydrogen-bond donors (Lipinski definition) is 3. The summed E-state index contributed by atoms with van der Waals surface area (Å²) in [6.07, 6.45) is -0.967. The summed E-state index contributed by atoms with van der Waals surface area (Å²) in [4.78, 5) is 43.2. The molecule has 0 aliphatic carbocycles. The van der Waals surface area contributed by atoms with Gasteiger partial charge in [-0.25, -0.2) is 0 Å². The Kier molecular flexibility index (Phi) is 5.65. The molecule has 0 bridgehead atoms. The van der Waals surface area contributed by atoms with E-state index in [4.69, 9.17) is 15.3 Å². The lowest BCUT2D eigenvalue weighted by Gasteiger charge is -2.17. The summed E-state index contributed by atoms with van der Waals surface area (Å²) in [5.41, 5.74) is 0. The Hall–Kier alpha value is -2.12. The van der Waals surface area contributed by atoms with Crippen molar-refractivity contribution >= 4 is 23.9 Å². The summed E-state index contributed by atoms with van der Waals surface area (Å²) in [6, 6.07) is 0. The van der Waals surface area contributed by atoms with Crippen molar-refractivity contribution in [1.82, 2.24) is 0 Å². The van der Waals surface area contributed by atoms with Crippen LogP contribution >= 0.6 is 0 Å². The molecule has 8 heteroatoms. The van der Waals surface area contributed by atoms with E-state index < -0.39 is 42.1 Å². The van der Waals surface area contributed by atoms with Crippen molar-refractivity contribution < 1.29 is 39.2 Å².